The molecule has 0 saturated carbocycles. The van der Waals surface area contributed by atoms with Gasteiger partial charge in [-0.1, -0.05) is 0 Å². The van der Waals surface area contributed by atoms with E-state index < -0.39 is 11.5 Å². The number of rotatable bonds is 4. The van der Waals surface area contributed by atoms with Crippen LogP contribution in [0.15, 0.2) is 18.3 Å². The maximum Gasteiger partial charge on any atom is 0.305 e. The Morgan fingerprint density at radius 1 is 1.69 bits per heavy atom. The van der Waals surface area contributed by atoms with Crippen molar-refractivity contribution < 1.29 is 9.90 Å². The van der Waals surface area contributed by atoms with Crippen molar-refractivity contribution in [2.75, 3.05) is 5.32 Å². The van der Waals surface area contributed by atoms with Gasteiger partial charge in [-0.15, -0.1) is 0 Å². The molecule has 0 radical (unpaired) electrons. The molecule has 5 nitrogen and oxygen atoms in total. The van der Waals surface area contributed by atoms with Crippen molar-refractivity contribution in [3.8, 4) is 6.07 Å². The van der Waals surface area contributed by atoms with Gasteiger partial charge in [0, 0.05) is 11.7 Å². The van der Waals surface area contributed by atoms with Crippen LogP contribution < -0.4 is 5.32 Å². The average molecular weight is 219 g/mol. The van der Waals surface area contributed by atoms with Gasteiger partial charge in [0.2, 0.25) is 0 Å². The topological polar surface area (TPSA) is 86.0 Å². The zero-order chi connectivity index (χ0) is 12.2. The van der Waals surface area contributed by atoms with Crippen molar-refractivity contribution in [2.24, 2.45) is 0 Å². The molecule has 84 valence electrons. The van der Waals surface area contributed by atoms with Gasteiger partial charge < -0.3 is 10.4 Å². The SMILES string of the molecule is CC(C)(CC(=O)O)Nc1cc(C#N)ccn1. The minimum absolute atomic E-state index is 0.0224. The molecule has 0 atom stereocenters. The highest BCUT2D eigenvalue weighted by Gasteiger charge is 2.21. The van der Waals surface area contributed by atoms with Crippen LogP contribution in [-0.4, -0.2) is 21.6 Å². The van der Waals surface area contributed by atoms with Gasteiger partial charge >= 0.3 is 5.97 Å². The molecular weight excluding hydrogens is 206 g/mol. The van der Waals surface area contributed by atoms with Crippen LogP contribution in [0.3, 0.4) is 0 Å². The van der Waals surface area contributed by atoms with E-state index in [-0.39, 0.29) is 6.42 Å². The van der Waals surface area contributed by atoms with Crippen LogP contribution >= 0.6 is 0 Å². The maximum atomic E-state index is 10.6. The monoisotopic (exact) mass is 219 g/mol. The van der Waals surface area contributed by atoms with E-state index >= 15 is 0 Å². The highest BCUT2D eigenvalue weighted by molar-refractivity contribution is 5.69. The number of hydrogen-bond donors (Lipinski definition) is 2. The molecule has 0 aliphatic heterocycles. The van der Waals surface area contributed by atoms with E-state index in [2.05, 4.69) is 10.3 Å². The summed E-state index contributed by atoms with van der Waals surface area (Å²) in [5, 5.41) is 20.4. The van der Waals surface area contributed by atoms with Gasteiger partial charge in [-0.3, -0.25) is 4.79 Å². The largest absolute Gasteiger partial charge is 0.481 e. The molecule has 1 heterocycles. The first kappa shape index (κ1) is 12.0. The Balaban J connectivity index is 2.80. The van der Waals surface area contributed by atoms with Crippen LogP contribution in [0.1, 0.15) is 25.8 Å². The lowest BCUT2D eigenvalue weighted by Crippen LogP contribution is -2.33. The van der Waals surface area contributed by atoms with Gasteiger partial charge in [-0.2, -0.15) is 5.26 Å². The van der Waals surface area contributed by atoms with Crippen LogP contribution in [0, 0.1) is 11.3 Å². The molecule has 0 saturated heterocycles. The van der Waals surface area contributed by atoms with Crippen molar-refractivity contribution in [3.05, 3.63) is 23.9 Å². The van der Waals surface area contributed by atoms with Gasteiger partial charge in [-0.05, 0) is 26.0 Å². The number of aliphatic carboxylic acids is 1. The minimum atomic E-state index is -0.881. The second-order valence-electron chi connectivity index (χ2n) is 4.12. The maximum absolute atomic E-state index is 10.6. The number of carboxylic acids is 1. The predicted octanol–water partition coefficient (Wildman–Crippen LogP) is 1.62. The number of carboxylic acid groups (broad SMARTS) is 1. The van der Waals surface area contributed by atoms with Crippen LogP contribution in [-0.2, 0) is 4.79 Å². The molecular formula is C11H13N3O2. The lowest BCUT2D eigenvalue weighted by Gasteiger charge is -2.24. The van der Waals surface area contributed by atoms with E-state index in [0.29, 0.717) is 11.4 Å². The second kappa shape index (κ2) is 4.62. The highest BCUT2D eigenvalue weighted by Crippen LogP contribution is 2.16. The number of hydrogen-bond acceptors (Lipinski definition) is 4. The number of aromatic nitrogens is 1. The van der Waals surface area contributed by atoms with Crippen LogP contribution in [0.5, 0.6) is 0 Å². The van der Waals surface area contributed by atoms with Crippen molar-refractivity contribution in [3.63, 3.8) is 0 Å². The Morgan fingerprint density at radius 2 is 2.38 bits per heavy atom. The van der Waals surface area contributed by atoms with E-state index in [1.165, 1.54) is 6.20 Å². The van der Waals surface area contributed by atoms with Gasteiger partial charge in [-0.25, -0.2) is 4.98 Å². The Morgan fingerprint density at radius 3 is 2.94 bits per heavy atom. The van der Waals surface area contributed by atoms with Gasteiger partial charge in [0.1, 0.15) is 5.82 Å². The van der Waals surface area contributed by atoms with E-state index in [1.54, 1.807) is 26.0 Å². The van der Waals surface area contributed by atoms with Crippen molar-refractivity contribution in [2.45, 2.75) is 25.8 Å². The number of pyridine rings is 1. The number of anilines is 1. The summed E-state index contributed by atoms with van der Waals surface area (Å²) in [7, 11) is 0. The summed E-state index contributed by atoms with van der Waals surface area (Å²) in [5.41, 5.74) is -0.115. The quantitative estimate of drug-likeness (QED) is 0.803. The van der Waals surface area contributed by atoms with E-state index in [1.807, 2.05) is 6.07 Å². The third-order valence-electron chi connectivity index (χ3n) is 1.95. The number of nitrogens with one attached hydrogen (secondary N) is 1. The van der Waals surface area contributed by atoms with Gasteiger partial charge in [0.05, 0.1) is 18.1 Å². The van der Waals surface area contributed by atoms with Gasteiger partial charge in [0.25, 0.3) is 0 Å². The molecule has 0 fully saturated rings. The number of nitrogens with zero attached hydrogens (tertiary/aromatic N) is 2. The molecule has 0 amide bonds. The fourth-order valence-corrected chi connectivity index (χ4v) is 1.34. The summed E-state index contributed by atoms with van der Waals surface area (Å²) < 4.78 is 0. The summed E-state index contributed by atoms with van der Waals surface area (Å²) in [5.74, 6) is -0.376. The smallest absolute Gasteiger partial charge is 0.305 e. The lowest BCUT2D eigenvalue weighted by molar-refractivity contribution is -0.137. The van der Waals surface area contributed by atoms with Crippen LogP contribution in [0.25, 0.3) is 0 Å². The molecule has 0 spiro atoms. The normalized spacial score (nSPS) is 10.6. The lowest BCUT2D eigenvalue weighted by atomic mass is 10.0. The fraction of sp³-hybridized carbons (Fsp3) is 0.364. The zero-order valence-corrected chi connectivity index (χ0v) is 9.19. The van der Waals surface area contributed by atoms with Crippen LogP contribution in [0.2, 0.25) is 0 Å². The standard InChI is InChI=1S/C11H13N3O2/c1-11(2,6-10(15)16)14-9-5-8(7-12)3-4-13-9/h3-5H,6H2,1-2H3,(H,13,14)(H,15,16). The van der Waals surface area contributed by atoms with Crippen molar-refractivity contribution in [1.82, 2.24) is 4.98 Å². The minimum Gasteiger partial charge on any atom is -0.481 e. The first-order valence-corrected chi connectivity index (χ1v) is 4.79. The van der Waals surface area contributed by atoms with E-state index in [9.17, 15) is 4.79 Å². The number of nitriles is 1. The van der Waals surface area contributed by atoms with Gasteiger partial charge in [0.15, 0.2) is 0 Å². The highest BCUT2D eigenvalue weighted by atomic mass is 16.4. The Kier molecular flexibility index (Phi) is 3.46. The Hall–Kier alpha value is -2.09. The molecule has 5 heteroatoms. The molecule has 1 aromatic rings. The van der Waals surface area contributed by atoms with E-state index in [0.717, 1.165) is 0 Å². The predicted molar refractivity (Wildman–Crippen MR) is 58.9 cm³/mol. The molecule has 0 bridgehead atoms. The Bertz CT molecular complexity index is 435. The molecule has 0 aromatic carbocycles. The third kappa shape index (κ3) is 3.58. The summed E-state index contributed by atoms with van der Waals surface area (Å²) >= 11 is 0. The van der Waals surface area contributed by atoms with Crippen LogP contribution in [0.4, 0.5) is 5.82 Å². The summed E-state index contributed by atoms with van der Waals surface area (Å²) in [6.07, 6.45) is 1.49. The zero-order valence-electron chi connectivity index (χ0n) is 9.19. The summed E-state index contributed by atoms with van der Waals surface area (Å²) in [4.78, 5) is 14.6. The van der Waals surface area contributed by atoms with Crippen molar-refractivity contribution in [1.29, 1.82) is 5.26 Å². The number of carbonyl (C=O) groups is 1. The molecule has 1 rings (SSSR count). The van der Waals surface area contributed by atoms with E-state index in [4.69, 9.17) is 10.4 Å². The summed E-state index contributed by atoms with van der Waals surface area (Å²) in [6, 6.07) is 5.18. The molecule has 0 aliphatic carbocycles. The average Bonchev–Trinajstić information content (AvgIpc) is 2.15. The Labute approximate surface area is 93.7 Å². The molecule has 16 heavy (non-hydrogen) atoms. The molecule has 1 aromatic heterocycles. The fourth-order valence-electron chi connectivity index (χ4n) is 1.34. The molecule has 2 N–H and O–H groups in total. The first-order valence-electron chi connectivity index (χ1n) is 4.79. The third-order valence-corrected chi connectivity index (χ3v) is 1.95. The summed E-state index contributed by atoms with van der Waals surface area (Å²) in [6.45, 7) is 3.53. The first-order chi connectivity index (χ1) is 7.43. The molecule has 0 unspecified atom stereocenters. The second-order valence-corrected chi connectivity index (χ2v) is 4.12. The molecule has 0 aliphatic rings. The van der Waals surface area contributed by atoms with Crippen molar-refractivity contribution >= 4 is 11.8 Å².